The average molecular weight is 261 g/mol. The molecule has 1 heterocycles. The second-order valence-electron chi connectivity index (χ2n) is 4.74. The van der Waals surface area contributed by atoms with Crippen LogP contribution >= 0.6 is 0 Å². The quantitative estimate of drug-likeness (QED) is 0.465. The van der Waals surface area contributed by atoms with Crippen LogP contribution in [0.4, 0.5) is 0 Å². The van der Waals surface area contributed by atoms with Crippen LogP contribution in [0.15, 0.2) is 28.9 Å². The number of nitrogens with one attached hydrogen (secondary N) is 2. The molecule has 0 amide bonds. The lowest BCUT2D eigenvalue weighted by molar-refractivity contribution is 0.758. The van der Waals surface area contributed by atoms with Gasteiger partial charge in [0.2, 0.25) is 0 Å². The van der Waals surface area contributed by atoms with Crippen LogP contribution in [0.5, 0.6) is 0 Å². The highest BCUT2D eigenvalue weighted by Gasteiger charge is 2.15. The summed E-state index contributed by atoms with van der Waals surface area (Å²) in [5, 5.41) is 7.42. The van der Waals surface area contributed by atoms with E-state index in [0.717, 1.165) is 17.7 Å². The monoisotopic (exact) mass is 261 g/mol. The number of nitrogens with zero attached hydrogens (tertiary/aromatic N) is 1. The van der Waals surface area contributed by atoms with Crippen LogP contribution < -0.4 is 11.5 Å². The first-order valence-electron chi connectivity index (χ1n) is 6.47. The Labute approximate surface area is 114 Å². The molecule has 0 bridgehead atoms. The van der Waals surface area contributed by atoms with Crippen molar-refractivity contribution < 1.29 is 0 Å². The summed E-state index contributed by atoms with van der Waals surface area (Å²) in [6.45, 7) is 6.13. The number of amidine groups is 1. The van der Waals surface area contributed by atoms with Gasteiger partial charge in [-0.05, 0) is 44.2 Å². The van der Waals surface area contributed by atoms with Crippen molar-refractivity contribution in [2.45, 2.75) is 39.2 Å². The lowest BCUT2D eigenvalue weighted by Crippen LogP contribution is -2.12. The predicted octanol–water partition coefficient (Wildman–Crippen LogP) is 2.11. The number of rotatable bonds is 6. The molecule has 0 saturated heterocycles. The molecule has 1 rings (SSSR count). The summed E-state index contributed by atoms with van der Waals surface area (Å²) in [4.78, 5) is 7.54. The molecule has 0 aromatic carbocycles. The molecule has 0 aliphatic heterocycles. The van der Waals surface area contributed by atoms with Gasteiger partial charge in [-0.25, -0.2) is 0 Å². The fraction of sp³-hybridized carbons (Fsp3) is 0.429. The van der Waals surface area contributed by atoms with Gasteiger partial charge in [-0.15, -0.1) is 0 Å². The van der Waals surface area contributed by atoms with E-state index in [1.807, 2.05) is 32.2 Å². The minimum Gasteiger partial charge on any atom is -0.404 e. The van der Waals surface area contributed by atoms with Crippen LogP contribution in [0.1, 0.15) is 44.5 Å². The Kier molecular flexibility index (Phi) is 5.36. The maximum atomic E-state index is 7.42. The van der Waals surface area contributed by atoms with E-state index in [1.165, 1.54) is 0 Å². The summed E-state index contributed by atoms with van der Waals surface area (Å²) < 4.78 is 0. The molecule has 1 aromatic heterocycles. The normalized spacial score (nSPS) is 14.2. The largest absolute Gasteiger partial charge is 0.404 e. The number of allylic oxidation sites excluding steroid dienone is 1. The van der Waals surface area contributed by atoms with Crippen molar-refractivity contribution in [3.63, 3.8) is 0 Å². The number of hydrogen-bond donors (Lipinski definition) is 4. The van der Waals surface area contributed by atoms with Crippen LogP contribution in [-0.4, -0.2) is 23.1 Å². The maximum Gasteiger partial charge on any atom is 0.139 e. The van der Waals surface area contributed by atoms with Crippen molar-refractivity contribution >= 4 is 12.1 Å². The van der Waals surface area contributed by atoms with Crippen LogP contribution in [0, 0.1) is 5.41 Å². The summed E-state index contributed by atoms with van der Waals surface area (Å²) >= 11 is 0. The highest BCUT2D eigenvalue weighted by Crippen LogP contribution is 2.25. The first-order valence-corrected chi connectivity index (χ1v) is 6.47. The van der Waals surface area contributed by atoms with Crippen molar-refractivity contribution in [1.82, 2.24) is 4.98 Å². The Morgan fingerprint density at radius 2 is 2.16 bits per heavy atom. The Hall–Kier alpha value is -2.04. The molecule has 1 aromatic rings. The van der Waals surface area contributed by atoms with Gasteiger partial charge in [0.05, 0.1) is 5.69 Å². The van der Waals surface area contributed by atoms with Gasteiger partial charge in [0.25, 0.3) is 0 Å². The molecule has 0 fully saturated rings. The van der Waals surface area contributed by atoms with E-state index in [9.17, 15) is 0 Å². The fourth-order valence-corrected chi connectivity index (χ4v) is 1.89. The fourth-order valence-electron chi connectivity index (χ4n) is 1.89. The molecular weight excluding hydrogens is 238 g/mol. The van der Waals surface area contributed by atoms with Crippen molar-refractivity contribution in [3.05, 3.63) is 35.3 Å². The van der Waals surface area contributed by atoms with Crippen LogP contribution in [0.2, 0.25) is 0 Å². The van der Waals surface area contributed by atoms with Gasteiger partial charge in [-0.2, -0.15) is 0 Å². The third-order valence-corrected chi connectivity index (χ3v) is 2.90. The number of H-pyrrole nitrogens is 1. The third kappa shape index (κ3) is 3.98. The number of nitrogens with two attached hydrogens (primary N) is 2. The molecule has 0 radical (unpaired) electrons. The van der Waals surface area contributed by atoms with E-state index in [-0.39, 0.29) is 17.8 Å². The lowest BCUT2D eigenvalue weighted by atomic mass is 9.94. The molecule has 1 atom stereocenters. The second kappa shape index (κ2) is 6.78. The zero-order valence-corrected chi connectivity index (χ0v) is 11.8. The topological polar surface area (TPSA) is 104 Å². The molecule has 5 heteroatoms. The highest BCUT2D eigenvalue weighted by molar-refractivity contribution is 5.93. The minimum absolute atomic E-state index is 0.0372. The average Bonchev–Trinajstić information content (AvgIpc) is 2.83. The summed E-state index contributed by atoms with van der Waals surface area (Å²) in [7, 11) is 0. The number of nitrogen functional groups attached to an aromatic ring is 1. The van der Waals surface area contributed by atoms with Crippen LogP contribution in [0.3, 0.4) is 0 Å². The number of aromatic nitrogens is 1. The van der Waals surface area contributed by atoms with Crippen molar-refractivity contribution in [2.24, 2.45) is 16.5 Å². The van der Waals surface area contributed by atoms with Crippen LogP contribution in [0.25, 0.3) is 0 Å². The zero-order chi connectivity index (χ0) is 14.4. The molecule has 5 nitrogen and oxygen atoms in total. The Morgan fingerprint density at radius 1 is 1.47 bits per heavy atom. The van der Waals surface area contributed by atoms with E-state index < -0.39 is 0 Å². The van der Waals surface area contributed by atoms with E-state index in [4.69, 9.17) is 16.9 Å². The number of aromatic amines is 1. The van der Waals surface area contributed by atoms with Gasteiger partial charge in [-0.1, -0.05) is 6.92 Å². The molecular formula is C14H23N5. The number of aliphatic imine (C=N–C) groups is 1. The van der Waals surface area contributed by atoms with E-state index in [2.05, 4.69) is 16.9 Å². The standard InChI is InChI=1S/C14H23N5/c1-4-11(10(7-15)8-18-9(2)3)12-5-6-13(19-12)14(16)17/h5-9,11,19H,4,15H2,1-3H3,(H3,16,17). The van der Waals surface area contributed by atoms with Gasteiger partial charge in [0.15, 0.2) is 0 Å². The van der Waals surface area contributed by atoms with Crippen LogP contribution in [-0.2, 0) is 0 Å². The zero-order valence-electron chi connectivity index (χ0n) is 11.8. The molecule has 0 spiro atoms. The third-order valence-electron chi connectivity index (χ3n) is 2.90. The SMILES string of the molecule is CCC(C(C=NC(C)C)=CN)c1ccc(C(=N)N)[nH]1. The van der Waals surface area contributed by atoms with Gasteiger partial charge < -0.3 is 16.5 Å². The molecule has 19 heavy (non-hydrogen) atoms. The van der Waals surface area contributed by atoms with E-state index in [1.54, 1.807) is 6.20 Å². The summed E-state index contributed by atoms with van der Waals surface area (Å²) in [6.07, 6.45) is 4.31. The smallest absolute Gasteiger partial charge is 0.139 e. The lowest BCUT2D eigenvalue weighted by Gasteiger charge is -2.14. The Morgan fingerprint density at radius 3 is 2.58 bits per heavy atom. The molecule has 104 valence electrons. The molecule has 6 N–H and O–H groups in total. The molecule has 0 aliphatic rings. The minimum atomic E-state index is 0.0372. The molecule has 1 unspecified atom stereocenters. The second-order valence-corrected chi connectivity index (χ2v) is 4.74. The number of hydrogen-bond acceptors (Lipinski definition) is 3. The predicted molar refractivity (Wildman–Crippen MR) is 80.7 cm³/mol. The maximum absolute atomic E-state index is 7.42. The first kappa shape index (κ1) is 15.0. The highest BCUT2D eigenvalue weighted by atomic mass is 14.8. The van der Waals surface area contributed by atoms with Crippen molar-refractivity contribution in [2.75, 3.05) is 0 Å². The summed E-state index contributed by atoms with van der Waals surface area (Å²) in [5.41, 5.74) is 13.8. The Bertz CT molecular complexity index is 482. The van der Waals surface area contributed by atoms with Gasteiger partial charge in [-0.3, -0.25) is 10.4 Å². The van der Waals surface area contributed by atoms with Gasteiger partial charge >= 0.3 is 0 Å². The molecule has 0 aliphatic carbocycles. The van der Waals surface area contributed by atoms with Crippen molar-refractivity contribution in [1.29, 1.82) is 5.41 Å². The Balaban J connectivity index is 3.00. The van der Waals surface area contributed by atoms with E-state index in [0.29, 0.717) is 5.69 Å². The van der Waals surface area contributed by atoms with Crippen molar-refractivity contribution in [3.8, 4) is 0 Å². The van der Waals surface area contributed by atoms with Gasteiger partial charge in [0.1, 0.15) is 5.84 Å². The first-order chi connectivity index (χ1) is 8.99. The summed E-state index contributed by atoms with van der Waals surface area (Å²) in [6, 6.07) is 4.00. The van der Waals surface area contributed by atoms with Gasteiger partial charge in [0, 0.05) is 23.9 Å². The molecule has 0 saturated carbocycles. The van der Waals surface area contributed by atoms with E-state index >= 15 is 0 Å². The summed E-state index contributed by atoms with van der Waals surface area (Å²) in [5.74, 6) is 0.177.